The second kappa shape index (κ2) is 4.13. The predicted octanol–water partition coefficient (Wildman–Crippen LogP) is 1.78. The SMILES string of the molecule is C1=CC#C[C]=1[La]([C]1=C=CC#C1)[C]1=C=CC#C1. The summed E-state index contributed by atoms with van der Waals surface area (Å²) >= 11 is -2.52. The van der Waals surface area contributed by atoms with Crippen molar-refractivity contribution in [2.45, 2.75) is 0 Å². The quantitative estimate of drug-likeness (QED) is 0.549. The topological polar surface area (TPSA) is 0 Å². The number of rotatable bonds is 3. The molecular weight excluding hydrogens is 319 g/mol. The monoisotopic (exact) mass is 322 g/mol. The summed E-state index contributed by atoms with van der Waals surface area (Å²) < 4.78 is 3.37. The molecule has 0 unspecified atom stereocenters. The molecule has 0 N–H and O–H groups in total. The molecular formula is C15H3La. The van der Waals surface area contributed by atoms with Crippen molar-refractivity contribution < 1.29 is 30.0 Å². The summed E-state index contributed by atoms with van der Waals surface area (Å²) in [6.07, 6.45) is 5.34. The first kappa shape index (κ1) is 9.65. The van der Waals surface area contributed by atoms with E-state index in [1.807, 2.05) is 0 Å². The molecule has 3 rings (SSSR count). The van der Waals surface area contributed by atoms with Gasteiger partial charge in [0.2, 0.25) is 0 Å². The van der Waals surface area contributed by atoms with Crippen molar-refractivity contribution in [1.82, 2.24) is 0 Å². The number of hydrogen-bond acceptors (Lipinski definition) is 0. The molecule has 0 aliphatic heterocycles. The third-order valence-corrected chi connectivity index (χ3v) is 10.8. The van der Waals surface area contributed by atoms with Crippen LogP contribution in [0, 0.1) is 65.5 Å². The van der Waals surface area contributed by atoms with Gasteiger partial charge in [-0.3, -0.25) is 0 Å². The summed E-state index contributed by atoms with van der Waals surface area (Å²) in [6.45, 7) is 0. The maximum absolute atomic E-state index is 3.19. The minimum atomic E-state index is -2.52. The number of allylic oxidation sites excluding steroid dienone is 3. The van der Waals surface area contributed by atoms with Gasteiger partial charge in [0.1, 0.15) is 0 Å². The molecule has 0 amide bonds. The Morgan fingerprint density at radius 1 is 0.625 bits per heavy atom. The molecule has 0 aromatic heterocycles. The van der Waals surface area contributed by atoms with Crippen LogP contribution in [0.15, 0.2) is 41.3 Å². The molecule has 0 atom stereocenters. The van der Waals surface area contributed by atoms with Gasteiger partial charge in [-0.05, 0) is 0 Å². The summed E-state index contributed by atoms with van der Waals surface area (Å²) in [7, 11) is 0. The van der Waals surface area contributed by atoms with Gasteiger partial charge in [-0.15, -0.1) is 0 Å². The normalized spacial score (nSPS) is 15.4. The summed E-state index contributed by atoms with van der Waals surface area (Å²) in [4.78, 5) is 0. The van der Waals surface area contributed by atoms with Crippen molar-refractivity contribution in [1.29, 1.82) is 0 Å². The van der Waals surface area contributed by atoms with E-state index in [-0.39, 0.29) is 0 Å². The Kier molecular flexibility index (Phi) is 2.49. The van der Waals surface area contributed by atoms with E-state index in [2.05, 4.69) is 52.7 Å². The van der Waals surface area contributed by atoms with Crippen LogP contribution in [0.3, 0.4) is 0 Å². The van der Waals surface area contributed by atoms with Gasteiger partial charge in [0.05, 0.1) is 0 Å². The Hall–Kier alpha value is -1.57. The van der Waals surface area contributed by atoms with Crippen LogP contribution in [-0.4, -0.2) is 0 Å². The molecule has 16 heavy (non-hydrogen) atoms. The Bertz CT molecular complexity index is 654. The van der Waals surface area contributed by atoms with Crippen LogP contribution in [0.4, 0.5) is 0 Å². The fraction of sp³-hybridized carbons (Fsp3) is 0. The summed E-state index contributed by atoms with van der Waals surface area (Å²) in [5.41, 5.74) is 9.58. The molecule has 3 aliphatic carbocycles. The molecule has 0 aromatic carbocycles. The summed E-state index contributed by atoms with van der Waals surface area (Å²) in [5.74, 6) is 18.2. The van der Waals surface area contributed by atoms with Crippen LogP contribution >= 0.6 is 0 Å². The van der Waals surface area contributed by atoms with Crippen molar-refractivity contribution in [2.75, 3.05) is 0 Å². The minimum absolute atomic E-state index is 1.12. The molecule has 0 nitrogen and oxygen atoms in total. The van der Waals surface area contributed by atoms with Crippen molar-refractivity contribution in [3.05, 3.63) is 41.3 Å². The molecule has 0 saturated carbocycles. The van der Waals surface area contributed by atoms with Crippen LogP contribution in [0.5, 0.6) is 0 Å². The van der Waals surface area contributed by atoms with E-state index < -0.39 is 30.0 Å². The zero-order valence-corrected chi connectivity index (χ0v) is 11.9. The first-order valence-corrected chi connectivity index (χ1v) is 10.3. The Labute approximate surface area is 106 Å². The molecule has 0 fully saturated rings. The van der Waals surface area contributed by atoms with Crippen molar-refractivity contribution in [3.63, 3.8) is 0 Å². The first-order chi connectivity index (χ1) is 7.95. The van der Waals surface area contributed by atoms with E-state index in [0.29, 0.717) is 0 Å². The molecule has 0 spiro atoms. The van der Waals surface area contributed by atoms with E-state index in [9.17, 15) is 0 Å². The molecule has 0 saturated heterocycles. The Morgan fingerprint density at radius 3 is 1.25 bits per heavy atom. The molecule has 0 heterocycles. The predicted molar refractivity (Wildman–Crippen MR) is 58.1 cm³/mol. The number of hydrogen-bond donors (Lipinski definition) is 0. The molecule has 1 heteroatoms. The van der Waals surface area contributed by atoms with Crippen LogP contribution < -0.4 is 0 Å². The fourth-order valence-electron chi connectivity index (χ4n) is 1.69. The van der Waals surface area contributed by atoms with E-state index in [0.717, 1.165) is 5.93 Å². The zero-order chi connectivity index (χ0) is 10.8. The van der Waals surface area contributed by atoms with Gasteiger partial charge < -0.3 is 0 Å². The zero-order valence-electron chi connectivity index (χ0n) is 8.31. The van der Waals surface area contributed by atoms with E-state index in [1.165, 1.54) is 0 Å². The van der Waals surface area contributed by atoms with Crippen molar-refractivity contribution >= 4 is 0 Å². The molecule has 0 radical (unpaired) electrons. The van der Waals surface area contributed by atoms with Crippen LogP contribution in [0.25, 0.3) is 0 Å². The summed E-state index contributed by atoms with van der Waals surface area (Å²) in [6, 6.07) is 0. The second-order valence-electron chi connectivity index (χ2n) is 3.35. The Morgan fingerprint density at radius 2 is 1.00 bits per heavy atom. The second-order valence-corrected chi connectivity index (χ2v) is 11.5. The molecule has 0 aromatic rings. The van der Waals surface area contributed by atoms with Gasteiger partial charge in [-0.25, -0.2) is 0 Å². The van der Waals surface area contributed by atoms with Gasteiger partial charge in [-0.1, -0.05) is 0 Å². The fourth-order valence-corrected chi connectivity index (χ4v) is 8.91. The van der Waals surface area contributed by atoms with Gasteiger partial charge >= 0.3 is 107 Å². The van der Waals surface area contributed by atoms with Gasteiger partial charge in [0.25, 0.3) is 0 Å². The summed E-state index contributed by atoms with van der Waals surface area (Å²) in [5, 5.41) is 0. The standard InChI is InChI=1S/3C5H.La/c3*1-2-4-5-3-1;/h3*1H;. The van der Waals surface area contributed by atoms with E-state index in [4.69, 9.17) is 0 Å². The molecule has 0 bridgehead atoms. The third-order valence-electron chi connectivity index (χ3n) is 2.39. The van der Waals surface area contributed by atoms with Gasteiger partial charge in [-0.2, -0.15) is 0 Å². The van der Waals surface area contributed by atoms with Crippen LogP contribution in [0.1, 0.15) is 0 Å². The van der Waals surface area contributed by atoms with Gasteiger partial charge in [0.15, 0.2) is 0 Å². The molecule has 3 aliphatic rings. The van der Waals surface area contributed by atoms with Crippen molar-refractivity contribution in [3.8, 4) is 35.5 Å². The average molecular weight is 322 g/mol. The maximum atomic E-state index is 3.19. The molecule has 66 valence electrons. The van der Waals surface area contributed by atoms with Gasteiger partial charge in [0, 0.05) is 0 Å². The van der Waals surface area contributed by atoms with Crippen LogP contribution in [0.2, 0.25) is 0 Å². The first-order valence-electron chi connectivity index (χ1n) is 4.85. The van der Waals surface area contributed by atoms with E-state index >= 15 is 0 Å². The van der Waals surface area contributed by atoms with E-state index in [1.54, 1.807) is 18.2 Å². The van der Waals surface area contributed by atoms with Crippen molar-refractivity contribution in [2.24, 2.45) is 0 Å². The Balaban J connectivity index is 2.13. The average Bonchev–Trinajstić information content (AvgIpc) is 3.02. The third kappa shape index (κ3) is 1.65. The van der Waals surface area contributed by atoms with Crippen LogP contribution in [-0.2, 0) is 0 Å².